The molecule has 2 aliphatic carbocycles. The highest BCUT2D eigenvalue weighted by molar-refractivity contribution is 7.89. The van der Waals surface area contributed by atoms with E-state index in [0.29, 0.717) is 5.69 Å². The minimum atomic E-state index is -3.76. The summed E-state index contributed by atoms with van der Waals surface area (Å²) in [4.78, 5) is 12.0. The van der Waals surface area contributed by atoms with E-state index in [2.05, 4.69) is 5.32 Å². The molecule has 0 atom stereocenters. The van der Waals surface area contributed by atoms with Gasteiger partial charge in [0.1, 0.15) is 10.6 Å². The summed E-state index contributed by atoms with van der Waals surface area (Å²) in [5.41, 5.74) is 0.397. The van der Waals surface area contributed by atoms with Crippen LogP contribution in [-0.2, 0) is 10.0 Å². The largest absolute Gasteiger partial charge is 0.348 e. The molecule has 1 heterocycles. The lowest BCUT2D eigenvalue weighted by Crippen LogP contribution is -2.27. The fourth-order valence-electron chi connectivity index (χ4n) is 1.93. The molecule has 0 unspecified atom stereocenters. The van der Waals surface area contributed by atoms with Gasteiger partial charge in [0.15, 0.2) is 0 Å². The normalized spacial score (nSPS) is 19.8. The van der Waals surface area contributed by atoms with Crippen molar-refractivity contribution >= 4 is 15.9 Å². The van der Waals surface area contributed by atoms with Crippen molar-refractivity contribution in [2.75, 3.05) is 0 Å². The number of nitrogens with zero attached hydrogens (tertiary/aromatic N) is 1. The number of nitrogens with two attached hydrogens (primary N) is 1. The van der Waals surface area contributed by atoms with E-state index in [1.54, 1.807) is 4.57 Å². The Morgan fingerprint density at radius 1 is 1.33 bits per heavy atom. The van der Waals surface area contributed by atoms with Crippen LogP contribution in [-0.4, -0.2) is 24.9 Å². The molecule has 2 fully saturated rings. The summed E-state index contributed by atoms with van der Waals surface area (Å²) < 4.78 is 24.4. The monoisotopic (exact) mass is 269 g/mol. The molecule has 0 aliphatic heterocycles. The van der Waals surface area contributed by atoms with Gasteiger partial charge in [-0.15, -0.1) is 0 Å². The second kappa shape index (κ2) is 3.83. The van der Waals surface area contributed by atoms with Gasteiger partial charge in [-0.2, -0.15) is 0 Å². The third-order valence-electron chi connectivity index (χ3n) is 3.24. The van der Waals surface area contributed by atoms with Crippen LogP contribution in [0.1, 0.15) is 42.2 Å². The molecule has 0 bridgehead atoms. The molecule has 2 saturated carbocycles. The third kappa shape index (κ3) is 2.28. The first-order valence-corrected chi connectivity index (χ1v) is 7.55. The van der Waals surface area contributed by atoms with Crippen LogP contribution in [0.3, 0.4) is 0 Å². The summed E-state index contributed by atoms with van der Waals surface area (Å²) in [6.45, 7) is 0. The average molecular weight is 269 g/mol. The molecule has 3 rings (SSSR count). The van der Waals surface area contributed by atoms with Gasteiger partial charge < -0.3 is 9.88 Å². The van der Waals surface area contributed by atoms with Gasteiger partial charge in [-0.1, -0.05) is 0 Å². The maximum atomic E-state index is 12.0. The zero-order valence-corrected chi connectivity index (χ0v) is 10.6. The fourth-order valence-corrected chi connectivity index (χ4v) is 2.47. The van der Waals surface area contributed by atoms with Gasteiger partial charge in [0, 0.05) is 18.3 Å². The highest BCUT2D eigenvalue weighted by Gasteiger charge is 2.31. The van der Waals surface area contributed by atoms with Crippen LogP contribution in [0.2, 0.25) is 0 Å². The van der Waals surface area contributed by atoms with Gasteiger partial charge in [0.2, 0.25) is 10.0 Å². The maximum absolute atomic E-state index is 12.0. The number of aromatic nitrogens is 1. The van der Waals surface area contributed by atoms with Crippen LogP contribution in [0.15, 0.2) is 17.2 Å². The van der Waals surface area contributed by atoms with Gasteiger partial charge in [-0.05, 0) is 31.7 Å². The van der Waals surface area contributed by atoms with E-state index in [-0.39, 0.29) is 22.9 Å². The van der Waals surface area contributed by atoms with E-state index < -0.39 is 10.0 Å². The Kier molecular flexibility index (Phi) is 2.49. The smallest absolute Gasteiger partial charge is 0.268 e. The summed E-state index contributed by atoms with van der Waals surface area (Å²) in [5.74, 6) is -0.209. The molecule has 2 aliphatic rings. The summed E-state index contributed by atoms with van der Waals surface area (Å²) in [7, 11) is -3.76. The summed E-state index contributed by atoms with van der Waals surface area (Å²) in [6.07, 6.45) is 5.41. The van der Waals surface area contributed by atoms with Crippen molar-refractivity contribution in [3.05, 3.63) is 18.0 Å². The maximum Gasteiger partial charge on any atom is 0.268 e. The van der Waals surface area contributed by atoms with Crippen LogP contribution in [0.4, 0.5) is 0 Å². The van der Waals surface area contributed by atoms with Crippen molar-refractivity contribution in [1.82, 2.24) is 9.88 Å². The van der Waals surface area contributed by atoms with Gasteiger partial charge in [-0.3, -0.25) is 4.79 Å². The Morgan fingerprint density at radius 2 is 2.00 bits per heavy atom. The van der Waals surface area contributed by atoms with Crippen molar-refractivity contribution in [2.45, 2.75) is 42.7 Å². The Morgan fingerprint density at radius 3 is 2.50 bits per heavy atom. The van der Waals surface area contributed by atoms with E-state index in [9.17, 15) is 13.2 Å². The zero-order chi connectivity index (χ0) is 12.9. The molecular weight excluding hydrogens is 254 g/mol. The minimum Gasteiger partial charge on any atom is -0.348 e. The number of rotatable bonds is 4. The van der Waals surface area contributed by atoms with E-state index in [1.807, 2.05) is 0 Å². The molecule has 7 heteroatoms. The molecule has 0 radical (unpaired) electrons. The lowest BCUT2D eigenvalue weighted by atomic mass is 10.4. The molecule has 1 aromatic rings. The second-order valence-corrected chi connectivity index (χ2v) is 6.55. The van der Waals surface area contributed by atoms with Crippen molar-refractivity contribution < 1.29 is 13.2 Å². The van der Waals surface area contributed by atoms with Crippen LogP contribution >= 0.6 is 0 Å². The highest BCUT2D eigenvalue weighted by atomic mass is 32.2. The van der Waals surface area contributed by atoms with Crippen LogP contribution in [0.25, 0.3) is 0 Å². The number of primary sulfonamides is 1. The molecular formula is C11H15N3O3S. The van der Waals surface area contributed by atoms with Gasteiger partial charge in [-0.25, -0.2) is 13.6 Å². The molecule has 3 N–H and O–H groups in total. The van der Waals surface area contributed by atoms with E-state index in [0.717, 1.165) is 25.7 Å². The quantitative estimate of drug-likeness (QED) is 0.826. The molecule has 6 nitrogen and oxygen atoms in total. The predicted molar refractivity (Wildman–Crippen MR) is 64.6 cm³/mol. The average Bonchev–Trinajstić information content (AvgIpc) is 3.18. The number of carbonyl (C=O) groups excluding carboxylic acids is 1. The van der Waals surface area contributed by atoms with E-state index >= 15 is 0 Å². The van der Waals surface area contributed by atoms with Gasteiger partial charge in [0.25, 0.3) is 5.91 Å². The number of sulfonamides is 1. The van der Waals surface area contributed by atoms with Crippen molar-refractivity contribution in [3.8, 4) is 0 Å². The Bertz CT molecular complexity index is 597. The van der Waals surface area contributed by atoms with Crippen LogP contribution < -0.4 is 10.5 Å². The van der Waals surface area contributed by atoms with Crippen LogP contribution in [0.5, 0.6) is 0 Å². The Labute approximate surface area is 105 Å². The Balaban J connectivity index is 1.95. The lowest BCUT2D eigenvalue weighted by molar-refractivity contribution is 0.0941. The molecule has 0 aromatic carbocycles. The molecule has 18 heavy (non-hydrogen) atoms. The van der Waals surface area contributed by atoms with Crippen molar-refractivity contribution in [2.24, 2.45) is 5.14 Å². The number of nitrogens with one attached hydrogen (secondary N) is 1. The van der Waals surface area contributed by atoms with Gasteiger partial charge >= 0.3 is 0 Å². The van der Waals surface area contributed by atoms with Crippen LogP contribution in [0, 0.1) is 0 Å². The first kappa shape index (κ1) is 11.7. The van der Waals surface area contributed by atoms with Crippen molar-refractivity contribution in [1.29, 1.82) is 0 Å². The molecule has 0 saturated heterocycles. The molecule has 1 aromatic heterocycles. The SMILES string of the molecule is NS(=O)(=O)c1cc(C(=O)NC2CC2)n(C2CC2)c1. The number of amides is 1. The number of carbonyl (C=O) groups is 1. The summed E-state index contributed by atoms with van der Waals surface area (Å²) in [5, 5.41) is 7.96. The number of hydrogen-bond donors (Lipinski definition) is 2. The Hall–Kier alpha value is -1.34. The molecule has 98 valence electrons. The summed E-state index contributed by atoms with van der Waals surface area (Å²) >= 11 is 0. The van der Waals surface area contributed by atoms with E-state index in [1.165, 1.54) is 12.3 Å². The zero-order valence-electron chi connectivity index (χ0n) is 9.80. The first-order chi connectivity index (χ1) is 8.45. The minimum absolute atomic E-state index is 0.00958. The number of hydrogen-bond acceptors (Lipinski definition) is 3. The third-order valence-corrected chi connectivity index (χ3v) is 4.12. The topological polar surface area (TPSA) is 94.2 Å². The van der Waals surface area contributed by atoms with Crippen molar-refractivity contribution in [3.63, 3.8) is 0 Å². The molecule has 0 spiro atoms. The summed E-state index contributed by atoms with van der Waals surface area (Å²) in [6, 6.07) is 1.85. The predicted octanol–water partition coefficient (Wildman–Crippen LogP) is 0.363. The molecule has 1 amide bonds. The lowest BCUT2D eigenvalue weighted by Gasteiger charge is -2.07. The standard InChI is InChI=1S/C11H15N3O3S/c12-18(16,17)9-5-10(11(15)13-7-1-2-7)14(6-9)8-3-4-8/h5-8H,1-4H2,(H,13,15)(H2,12,16,17). The second-order valence-electron chi connectivity index (χ2n) is 4.99. The first-order valence-electron chi connectivity index (χ1n) is 6.00. The van der Waals surface area contributed by atoms with Gasteiger partial charge in [0.05, 0.1) is 0 Å². The highest BCUT2D eigenvalue weighted by Crippen LogP contribution is 2.37. The fraction of sp³-hybridized carbons (Fsp3) is 0.545. The van der Waals surface area contributed by atoms with E-state index in [4.69, 9.17) is 5.14 Å².